The summed E-state index contributed by atoms with van der Waals surface area (Å²) < 4.78 is -1.36. The number of nitrogens with zero attached hydrogens (tertiary/aromatic N) is 1. The molecule has 1 aliphatic heterocycles. The number of imide groups is 1. The minimum atomic E-state index is -0.678. The van der Waals surface area contributed by atoms with Gasteiger partial charge in [-0.1, -0.05) is 119 Å². The Morgan fingerprint density at radius 1 is 0.710 bits per heavy atom. The van der Waals surface area contributed by atoms with Crippen LogP contribution in [0.4, 0.5) is 0 Å². The Hall–Kier alpha value is -1.46. The molecule has 2 atom stereocenters. The van der Waals surface area contributed by atoms with Crippen molar-refractivity contribution in [2.24, 2.45) is 11.8 Å². The third-order valence-electron chi connectivity index (χ3n) is 7.41. The lowest BCUT2D eigenvalue weighted by atomic mass is 9.54. The number of carbonyl (C=O) groups is 2. The van der Waals surface area contributed by atoms with Crippen LogP contribution in [0, 0.1) is 11.8 Å². The number of likely N-dealkylation sites (tertiary alicyclic amines) is 1. The van der Waals surface area contributed by atoms with E-state index in [2.05, 4.69) is 63.0 Å². The van der Waals surface area contributed by atoms with Gasteiger partial charge in [0.15, 0.2) is 0 Å². The van der Waals surface area contributed by atoms with Gasteiger partial charge < -0.3 is 0 Å². The number of carbonyl (C=O) groups excluding carboxylic acids is 2. The van der Waals surface area contributed by atoms with Gasteiger partial charge in [0.05, 0.1) is 20.5 Å². The summed E-state index contributed by atoms with van der Waals surface area (Å²) in [6.07, 6.45) is 6.80. The fourth-order valence-electron chi connectivity index (χ4n) is 6.00. The number of rotatable bonds is 7. The van der Waals surface area contributed by atoms with E-state index in [4.69, 9.17) is 0 Å². The first-order valence-corrected chi connectivity index (χ1v) is 13.0. The van der Waals surface area contributed by atoms with Crippen LogP contribution in [0.5, 0.6) is 0 Å². The zero-order chi connectivity index (χ0) is 21.8. The summed E-state index contributed by atoms with van der Waals surface area (Å²) in [6, 6.07) is 16.5. The number of unbranched alkanes of at least 4 members (excludes halogenated alkanes) is 5. The summed E-state index contributed by atoms with van der Waals surface area (Å²) in [4.78, 5) is 29.0. The summed E-state index contributed by atoms with van der Waals surface area (Å²) in [6.45, 7) is 2.73. The summed E-state index contributed by atoms with van der Waals surface area (Å²) in [5.41, 5.74) is 4.37. The van der Waals surface area contributed by atoms with Crippen LogP contribution in [0.25, 0.3) is 0 Å². The molecule has 0 aromatic heterocycles. The van der Waals surface area contributed by atoms with Crippen molar-refractivity contribution in [3.05, 3.63) is 70.8 Å². The van der Waals surface area contributed by atoms with Crippen molar-refractivity contribution >= 4 is 43.7 Å². The molecule has 0 radical (unpaired) electrons. The van der Waals surface area contributed by atoms with Crippen molar-refractivity contribution < 1.29 is 9.59 Å². The fourth-order valence-corrected chi connectivity index (χ4v) is 8.30. The van der Waals surface area contributed by atoms with Crippen molar-refractivity contribution in [2.45, 2.75) is 54.1 Å². The highest BCUT2D eigenvalue weighted by Gasteiger charge is 2.72. The summed E-state index contributed by atoms with van der Waals surface area (Å²) >= 11 is 8.09. The largest absolute Gasteiger partial charge is 0.282 e. The quantitative estimate of drug-likeness (QED) is 0.234. The first kappa shape index (κ1) is 21.4. The number of alkyl halides is 2. The van der Waals surface area contributed by atoms with Gasteiger partial charge >= 0.3 is 0 Å². The minimum absolute atomic E-state index is 0.0340. The second kappa shape index (κ2) is 7.84. The third kappa shape index (κ3) is 2.81. The molecule has 0 N–H and O–H groups in total. The Kier molecular flexibility index (Phi) is 5.41. The molecule has 1 heterocycles. The SMILES string of the molecule is CCCCCCCCN1C(=O)C2C(C1=O)C1(Br)c3ccccc3C2(Br)c2ccccc21. The van der Waals surface area contributed by atoms with Crippen LogP contribution in [0.15, 0.2) is 48.5 Å². The lowest BCUT2D eigenvalue weighted by Crippen LogP contribution is -2.56. The van der Waals surface area contributed by atoms with E-state index >= 15 is 0 Å². The van der Waals surface area contributed by atoms with E-state index in [9.17, 15) is 9.59 Å². The molecule has 0 saturated carbocycles. The molecule has 1 saturated heterocycles. The smallest absolute Gasteiger partial charge is 0.235 e. The van der Waals surface area contributed by atoms with E-state index in [0.29, 0.717) is 6.54 Å². The van der Waals surface area contributed by atoms with E-state index in [-0.39, 0.29) is 11.8 Å². The molecule has 2 bridgehead atoms. The molecule has 3 aliphatic carbocycles. The minimum Gasteiger partial charge on any atom is -0.282 e. The third-order valence-corrected chi connectivity index (χ3v) is 10.1. The summed E-state index contributed by atoms with van der Waals surface area (Å²) in [5, 5.41) is 0. The zero-order valence-corrected chi connectivity index (χ0v) is 20.9. The van der Waals surface area contributed by atoms with Crippen molar-refractivity contribution in [1.82, 2.24) is 4.90 Å². The van der Waals surface area contributed by atoms with Crippen molar-refractivity contribution in [2.75, 3.05) is 6.54 Å². The molecule has 31 heavy (non-hydrogen) atoms. The van der Waals surface area contributed by atoms with Crippen LogP contribution >= 0.6 is 31.9 Å². The number of benzene rings is 2. The Morgan fingerprint density at radius 2 is 1.10 bits per heavy atom. The highest BCUT2D eigenvalue weighted by Crippen LogP contribution is 2.70. The van der Waals surface area contributed by atoms with E-state index in [0.717, 1.165) is 35.1 Å². The normalized spacial score (nSPS) is 30.4. The highest BCUT2D eigenvalue weighted by atomic mass is 79.9. The zero-order valence-electron chi connectivity index (χ0n) is 17.7. The van der Waals surface area contributed by atoms with Crippen molar-refractivity contribution in [1.29, 1.82) is 0 Å². The van der Waals surface area contributed by atoms with Gasteiger partial charge in [-0.3, -0.25) is 14.5 Å². The summed E-state index contributed by atoms with van der Waals surface area (Å²) in [5.74, 6) is -0.949. The predicted molar refractivity (Wildman–Crippen MR) is 129 cm³/mol. The Balaban J connectivity index is 1.54. The number of hydrogen-bond donors (Lipinski definition) is 0. The van der Waals surface area contributed by atoms with Gasteiger partial charge in [0.1, 0.15) is 0 Å². The Labute approximate surface area is 200 Å². The molecule has 2 unspecified atom stereocenters. The number of amides is 2. The second-order valence-corrected chi connectivity index (χ2v) is 11.6. The average molecular weight is 545 g/mol. The molecule has 2 aromatic rings. The molecule has 1 fully saturated rings. The van der Waals surface area contributed by atoms with E-state index in [1.54, 1.807) is 4.90 Å². The van der Waals surface area contributed by atoms with E-state index in [1.807, 2.05) is 24.3 Å². The first-order chi connectivity index (χ1) is 15.0. The van der Waals surface area contributed by atoms with Crippen LogP contribution in [-0.2, 0) is 18.2 Å². The van der Waals surface area contributed by atoms with E-state index < -0.39 is 20.5 Å². The first-order valence-electron chi connectivity index (χ1n) is 11.4. The topological polar surface area (TPSA) is 37.4 Å². The molecule has 0 spiro atoms. The molecule has 2 aromatic carbocycles. The molecule has 162 valence electrons. The van der Waals surface area contributed by atoms with Gasteiger partial charge in [-0.25, -0.2) is 0 Å². The molecule has 3 nitrogen and oxygen atoms in total. The monoisotopic (exact) mass is 543 g/mol. The molecule has 4 aliphatic rings. The predicted octanol–water partition coefficient (Wildman–Crippen LogP) is 6.25. The van der Waals surface area contributed by atoms with Gasteiger partial charge in [-0.05, 0) is 28.7 Å². The van der Waals surface area contributed by atoms with Gasteiger partial charge in [0.2, 0.25) is 11.8 Å². The van der Waals surface area contributed by atoms with Gasteiger partial charge in [0, 0.05) is 6.54 Å². The maximum absolute atomic E-state index is 13.7. The van der Waals surface area contributed by atoms with Crippen molar-refractivity contribution in [3.63, 3.8) is 0 Å². The van der Waals surface area contributed by atoms with Gasteiger partial charge in [-0.2, -0.15) is 0 Å². The van der Waals surface area contributed by atoms with Crippen LogP contribution in [0.3, 0.4) is 0 Å². The van der Waals surface area contributed by atoms with Crippen LogP contribution in [-0.4, -0.2) is 23.3 Å². The average Bonchev–Trinajstić information content (AvgIpc) is 3.05. The number of hydrogen-bond acceptors (Lipinski definition) is 2. The fraction of sp³-hybridized carbons (Fsp3) is 0.462. The molecule has 6 rings (SSSR count). The maximum atomic E-state index is 13.7. The highest BCUT2D eigenvalue weighted by molar-refractivity contribution is 9.10. The maximum Gasteiger partial charge on any atom is 0.235 e. The van der Waals surface area contributed by atoms with Crippen LogP contribution < -0.4 is 0 Å². The van der Waals surface area contributed by atoms with Gasteiger partial charge in [0.25, 0.3) is 0 Å². The Bertz CT molecular complexity index is 928. The Morgan fingerprint density at radius 3 is 1.52 bits per heavy atom. The van der Waals surface area contributed by atoms with Crippen LogP contribution in [0.2, 0.25) is 0 Å². The number of halogens is 2. The molecular formula is C26H27Br2NO2. The van der Waals surface area contributed by atoms with Crippen molar-refractivity contribution in [3.8, 4) is 0 Å². The van der Waals surface area contributed by atoms with E-state index in [1.165, 1.54) is 25.7 Å². The molecule has 2 amide bonds. The van der Waals surface area contributed by atoms with Crippen LogP contribution in [0.1, 0.15) is 67.7 Å². The van der Waals surface area contributed by atoms with Gasteiger partial charge in [-0.15, -0.1) is 0 Å². The lowest BCUT2D eigenvalue weighted by Gasteiger charge is -2.55. The summed E-state index contributed by atoms with van der Waals surface area (Å²) in [7, 11) is 0. The molecular weight excluding hydrogens is 518 g/mol. The molecule has 5 heteroatoms. The standard InChI is InChI=1S/C26H27Br2NO2/c1-2-3-4-5-6-11-16-29-23(30)21-22(24(29)31)26(28)18-13-8-7-12-17(18)25(21,27)19-14-9-10-15-20(19)26/h7-10,12-15,21-22H,2-6,11,16H2,1H3. The lowest BCUT2D eigenvalue weighted by molar-refractivity contribution is -0.140. The second-order valence-electron chi connectivity index (χ2n) is 9.07.